The summed E-state index contributed by atoms with van der Waals surface area (Å²) in [6.07, 6.45) is 1.30. The minimum Gasteiger partial charge on any atom is -0.507 e. The fourth-order valence-electron chi connectivity index (χ4n) is 2.10. The molecule has 0 atom stereocenters. The number of hydrogen-bond donors (Lipinski definition) is 2. The molecule has 114 valence electrons. The Morgan fingerprint density at radius 1 is 1.22 bits per heavy atom. The van der Waals surface area contributed by atoms with Gasteiger partial charge in [-0.1, -0.05) is 12.1 Å². The van der Waals surface area contributed by atoms with Crippen molar-refractivity contribution in [3.05, 3.63) is 63.7 Å². The Kier molecular flexibility index (Phi) is 3.55. The number of phenolic OH excluding ortho intramolecular Hbond substituents is 1. The number of non-ortho nitro benzene ring substituents is 1. The minimum atomic E-state index is -0.550. The molecule has 0 unspecified atom stereocenters. The van der Waals surface area contributed by atoms with Crippen LogP contribution in [-0.4, -0.2) is 27.9 Å². The molecule has 0 aromatic heterocycles. The molecule has 1 amide bonds. The van der Waals surface area contributed by atoms with Crippen LogP contribution in [0.15, 0.2) is 52.7 Å². The van der Waals surface area contributed by atoms with Gasteiger partial charge in [0.25, 0.3) is 11.6 Å². The molecule has 0 fully saturated rings. The van der Waals surface area contributed by atoms with Gasteiger partial charge in [0.1, 0.15) is 5.75 Å². The summed E-state index contributed by atoms with van der Waals surface area (Å²) in [4.78, 5) is 22.2. The van der Waals surface area contributed by atoms with Crippen LogP contribution in [0.25, 0.3) is 0 Å². The van der Waals surface area contributed by atoms with Gasteiger partial charge in [0.15, 0.2) is 5.71 Å². The van der Waals surface area contributed by atoms with Gasteiger partial charge in [-0.15, -0.1) is 5.10 Å². The van der Waals surface area contributed by atoms with Gasteiger partial charge in [-0.3, -0.25) is 14.9 Å². The second-order valence-electron chi connectivity index (χ2n) is 4.69. The Hall–Kier alpha value is -3.55. The zero-order valence-electron chi connectivity index (χ0n) is 11.6. The summed E-state index contributed by atoms with van der Waals surface area (Å²) in [7, 11) is 0. The molecule has 0 saturated heterocycles. The van der Waals surface area contributed by atoms with Gasteiger partial charge >= 0.3 is 0 Å². The Bertz CT molecular complexity index is 874. The van der Waals surface area contributed by atoms with Crippen LogP contribution >= 0.6 is 0 Å². The number of nitrogens with one attached hydrogen (secondary N) is 1. The Morgan fingerprint density at radius 3 is 2.74 bits per heavy atom. The van der Waals surface area contributed by atoms with Crippen LogP contribution in [0.2, 0.25) is 0 Å². The summed E-state index contributed by atoms with van der Waals surface area (Å²) < 4.78 is 0. The number of phenols is 1. The van der Waals surface area contributed by atoms with Gasteiger partial charge in [0.05, 0.1) is 16.8 Å². The summed E-state index contributed by atoms with van der Waals surface area (Å²) in [6, 6.07) is 10.5. The third-order valence-corrected chi connectivity index (χ3v) is 3.22. The van der Waals surface area contributed by atoms with Crippen molar-refractivity contribution in [1.29, 1.82) is 0 Å². The molecule has 2 aromatic carbocycles. The molecular formula is C15H10N4O4. The predicted molar refractivity (Wildman–Crippen MR) is 84.0 cm³/mol. The number of benzene rings is 2. The highest BCUT2D eigenvalue weighted by molar-refractivity contribution is 6.53. The largest absolute Gasteiger partial charge is 0.507 e. The van der Waals surface area contributed by atoms with Crippen LogP contribution < -0.4 is 5.32 Å². The standard InChI is InChI=1S/C15H10N4O4/c20-13-4-2-1-3-9(13)8-16-18-14-11-7-10(19(22)23)5-6-12(11)17-15(14)21/h1-8,20H,(H,17,18,21)/b16-8+. The first-order chi connectivity index (χ1) is 11.1. The SMILES string of the molecule is O=C1Nc2ccc([N+](=O)[O-])cc2/C1=N/N=C/c1ccccc1O. The van der Waals surface area contributed by atoms with Gasteiger partial charge in [0, 0.05) is 23.3 Å². The Balaban J connectivity index is 1.95. The first kappa shape index (κ1) is 14.4. The molecule has 0 aliphatic carbocycles. The van der Waals surface area contributed by atoms with Gasteiger partial charge in [-0.25, -0.2) is 0 Å². The molecule has 8 heteroatoms. The zero-order chi connectivity index (χ0) is 16.4. The van der Waals surface area contributed by atoms with Crippen molar-refractivity contribution in [3.8, 4) is 5.75 Å². The van der Waals surface area contributed by atoms with Crippen molar-refractivity contribution < 1.29 is 14.8 Å². The number of anilines is 1. The number of carbonyl (C=O) groups is 1. The first-order valence-corrected chi connectivity index (χ1v) is 6.55. The second kappa shape index (κ2) is 5.68. The molecule has 8 nitrogen and oxygen atoms in total. The molecule has 2 aromatic rings. The quantitative estimate of drug-likeness (QED) is 0.512. The van der Waals surface area contributed by atoms with E-state index >= 15 is 0 Å². The van der Waals surface area contributed by atoms with E-state index < -0.39 is 10.8 Å². The van der Waals surface area contributed by atoms with Crippen molar-refractivity contribution in [2.45, 2.75) is 0 Å². The van der Waals surface area contributed by atoms with Crippen LogP contribution in [0.1, 0.15) is 11.1 Å². The third kappa shape index (κ3) is 2.77. The lowest BCUT2D eigenvalue weighted by molar-refractivity contribution is -0.384. The van der Waals surface area contributed by atoms with Gasteiger partial charge in [-0.2, -0.15) is 5.10 Å². The molecule has 0 saturated carbocycles. The number of amides is 1. The molecule has 1 aliphatic rings. The van der Waals surface area contributed by atoms with Crippen LogP contribution in [0.3, 0.4) is 0 Å². The maximum atomic E-state index is 11.9. The van der Waals surface area contributed by atoms with E-state index in [1.807, 2.05) is 0 Å². The number of hydrogen-bond acceptors (Lipinski definition) is 6. The van der Waals surface area contributed by atoms with Gasteiger partial charge < -0.3 is 10.4 Å². The monoisotopic (exact) mass is 310 g/mol. The zero-order valence-corrected chi connectivity index (χ0v) is 11.6. The van der Waals surface area contributed by atoms with E-state index in [-0.39, 0.29) is 17.1 Å². The van der Waals surface area contributed by atoms with Crippen LogP contribution in [-0.2, 0) is 4.79 Å². The number of aromatic hydroxyl groups is 1. The van der Waals surface area contributed by atoms with E-state index in [1.54, 1.807) is 18.2 Å². The topological polar surface area (TPSA) is 117 Å². The molecule has 2 N–H and O–H groups in total. The number of nitro groups is 1. The Morgan fingerprint density at radius 2 is 2.00 bits per heavy atom. The number of fused-ring (bicyclic) bond motifs is 1. The Labute approximate surface area is 129 Å². The average Bonchev–Trinajstić information content (AvgIpc) is 2.84. The van der Waals surface area contributed by atoms with Crippen LogP contribution in [0, 0.1) is 10.1 Å². The molecule has 3 rings (SSSR count). The highest BCUT2D eigenvalue weighted by Gasteiger charge is 2.28. The lowest BCUT2D eigenvalue weighted by Crippen LogP contribution is -2.13. The molecule has 1 heterocycles. The maximum Gasteiger partial charge on any atom is 0.276 e. The highest BCUT2D eigenvalue weighted by Crippen LogP contribution is 2.27. The van der Waals surface area contributed by atoms with Crippen LogP contribution in [0.4, 0.5) is 11.4 Å². The predicted octanol–water partition coefficient (Wildman–Crippen LogP) is 2.08. The number of carbonyl (C=O) groups excluding carboxylic acids is 1. The number of para-hydroxylation sites is 1. The first-order valence-electron chi connectivity index (χ1n) is 6.55. The maximum absolute atomic E-state index is 11.9. The van der Waals surface area contributed by atoms with E-state index in [1.165, 1.54) is 30.5 Å². The normalized spacial score (nSPS) is 15.0. The highest BCUT2D eigenvalue weighted by atomic mass is 16.6. The van der Waals surface area contributed by atoms with E-state index in [4.69, 9.17) is 0 Å². The van der Waals surface area contributed by atoms with E-state index in [2.05, 4.69) is 15.5 Å². The average molecular weight is 310 g/mol. The van der Waals surface area contributed by atoms with Gasteiger partial charge in [-0.05, 0) is 18.2 Å². The second-order valence-corrected chi connectivity index (χ2v) is 4.69. The van der Waals surface area contributed by atoms with Crippen molar-refractivity contribution in [2.75, 3.05) is 5.32 Å². The summed E-state index contributed by atoms with van der Waals surface area (Å²) in [5.74, 6) is -0.460. The minimum absolute atomic E-state index is 0.0182. The number of nitro benzene ring substituents is 1. The fourth-order valence-corrected chi connectivity index (χ4v) is 2.10. The van der Waals surface area contributed by atoms with Crippen molar-refractivity contribution in [3.63, 3.8) is 0 Å². The molecule has 0 bridgehead atoms. The summed E-state index contributed by atoms with van der Waals surface area (Å²) in [5, 5.41) is 30.6. The van der Waals surface area contributed by atoms with E-state index in [9.17, 15) is 20.0 Å². The smallest absolute Gasteiger partial charge is 0.276 e. The van der Waals surface area contributed by atoms with E-state index in [0.717, 1.165) is 0 Å². The van der Waals surface area contributed by atoms with Crippen molar-refractivity contribution in [1.82, 2.24) is 0 Å². The molecular weight excluding hydrogens is 300 g/mol. The third-order valence-electron chi connectivity index (χ3n) is 3.22. The van der Waals surface area contributed by atoms with Crippen molar-refractivity contribution in [2.24, 2.45) is 10.2 Å². The number of nitrogens with zero attached hydrogens (tertiary/aromatic N) is 3. The van der Waals surface area contributed by atoms with Gasteiger partial charge in [0.2, 0.25) is 0 Å². The van der Waals surface area contributed by atoms with E-state index in [0.29, 0.717) is 16.8 Å². The van der Waals surface area contributed by atoms with Crippen molar-refractivity contribution >= 4 is 29.2 Å². The fraction of sp³-hybridized carbons (Fsp3) is 0. The summed E-state index contributed by atoms with van der Waals surface area (Å²) >= 11 is 0. The molecule has 0 spiro atoms. The molecule has 23 heavy (non-hydrogen) atoms. The van der Waals surface area contributed by atoms with Crippen LogP contribution in [0.5, 0.6) is 5.75 Å². The molecule has 1 aliphatic heterocycles. The lowest BCUT2D eigenvalue weighted by Gasteiger charge is -1.97. The number of rotatable bonds is 3. The lowest BCUT2D eigenvalue weighted by atomic mass is 10.1. The summed E-state index contributed by atoms with van der Waals surface area (Å²) in [6.45, 7) is 0. The molecule has 0 radical (unpaired) electrons. The summed E-state index contributed by atoms with van der Waals surface area (Å²) in [5.41, 5.74) is 1.04.